The first-order chi connectivity index (χ1) is 18.1. The van der Waals surface area contributed by atoms with Crippen molar-refractivity contribution in [1.82, 2.24) is 0 Å². The van der Waals surface area contributed by atoms with E-state index < -0.39 is 36.0 Å². The van der Waals surface area contributed by atoms with Crippen LogP contribution in [0.3, 0.4) is 0 Å². The third-order valence-electron chi connectivity index (χ3n) is 5.04. The van der Waals surface area contributed by atoms with Gasteiger partial charge in [0.1, 0.15) is 11.5 Å². The molecule has 0 unspecified atom stereocenters. The van der Waals surface area contributed by atoms with Gasteiger partial charge in [0.2, 0.25) is 12.2 Å². The lowest BCUT2D eigenvalue weighted by Crippen LogP contribution is -2.48. The molecule has 0 fully saturated rings. The molecule has 0 aliphatic heterocycles. The van der Waals surface area contributed by atoms with E-state index in [0.29, 0.717) is 16.0 Å². The fourth-order valence-corrected chi connectivity index (χ4v) is 3.58. The minimum atomic E-state index is -2.21. The van der Waals surface area contributed by atoms with Crippen molar-refractivity contribution in [2.24, 2.45) is 0 Å². The van der Waals surface area contributed by atoms with Crippen LogP contribution < -0.4 is 14.8 Å². The van der Waals surface area contributed by atoms with Gasteiger partial charge in [-0.1, -0.05) is 23.7 Å². The van der Waals surface area contributed by atoms with Crippen LogP contribution in [0.4, 0.5) is 5.69 Å². The van der Waals surface area contributed by atoms with Crippen LogP contribution in [-0.4, -0.2) is 55.3 Å². The number of esters is 2. The summed E-state index contributed by atoms with van der Waals surface area (Å²) in [5.41, 5.74) is 0.0968. The SMILES string of the molecule is COc1cccc(C(=O)O[C@@H](C(=O)O)[C@@H](OC(=O)c2cccc(OC)c2)C(=O)Nc2ccc(Br)c(Cl)c2)c1. The molecular weight excluding hydrogens is 586 g/mol. The van der Waals surface area contributed by atoms with Gasteiger partial charge in [0.25, 0.3) is 5.91 Å². The van der Waals surface area contributed by atoms with E-state index in [1.165, 1.54) is 62.8 Å². The number of amides is 1. The summed E-state index contributed by atoms with van der Waals surface area (Å²) in [6.07, 6.45) is -4.31. The highest BCUT2D eigenvalue weighted by Gasteiger charge is 2.41. The molecule has 2 atom stereocenters. The maximum Gasteiger partial charge on any atom is 0.349 e. The number of hydrogen-bond acceptors (Lipinski definition) is 8. The molecule has 12 heteroatoms. The maximum absolute atomic E-state index is 13.2. The smallest absolute Gasteiger partial charge is 0.349 e. The summed E-state index contributed by atoms with van der Waals surface area (Å²) < 4.78 is 21.2. The number of carbonyl (C=O) groups is 4. The van der Waals surface area contributed by atoms with E-state index in [-0.39, 0.29) is 21.8 Å². The van der Waals surface area contributed by atoms with Crippen LogP contribution in [0.15, 0.2) is 71.2 Å². The van der Waals surface area contributed by atoms with Gasteiger partial charge < -0.3 is 29.4 Å². The van der Waals surface area contributed by atoms with Crippen molar-refractivity contribution in [3.05, 3.63) is 87.4 Å². The summed E-state index contributed by atoms with van der Waals surface area (Å²) in [4.78, 5) is 51.1. The number of carboxylic acid groups (broad SMARTS) is 1. The number of carboxylic acids is 1. The first-order valence-corrected chi connectivity index (χ1v) is 12.0. The molecule has 0 aromatic heterocycles. The molecule has 0 spiro atoms. The molecular formula is C26H21BrClNO9. The summed E-state index contributed by atoms with van der Waals surface area (Å²) in [6.45, 7) is 0. The molecule has 0 saturated heterocycles. The average molecular weight is 607 g/mol. The van der Waals surface area contributed by atoms with E-state index in [9.17, 15) is 24.3 Å². The minimum absolute atomic E-state index is 0.0305. The zero-order chi connectivity index (χ0) is 27.8. The minimum Gasteiger partial charge on any atom is -0.497 e. The van der Waals surface area contributed by atoms with Crippen LogP contribution in [-0.2, 0) is 19.1 Å². The fourth-order valence-electron chi connectivity index (χ4n) is 3.15. The van der Waals surface area contributed by atoms with Crippen LogP contribution >= 0.6 is 27.5 Å². The molecule has 0 radical (unpaired) electrons. The second kappa shape index (κ2) is 12.9. The number of halogens is 2. The second-order valence-corrected chi connectivity index (χ2v) is 8.83. The molecule has 3 rings (SSSR count). The van der Waals surface area contributed by atoms with Gasteiger partial charge in [-0.3, -0.25) is 4.79 Å². The van der Waals surface area contributed by atoms with Crippen LogP contribution in [0.1, 0.15) is 20.7 Å². The predicted octanol–water partition coefficient (Wildman–Crippen LogP) is 4.59. The molecule has 0 bridgehead atoms. The van der Waals surface area contributed by atoms with E-state index in [4.69, 9.17) is 30.5 Å². The van der Waals surface area contributed by atoms with Gasteiger partial charge >= 0.3 is 17.9 Å². The number of methoxy groups -OCH3 is 2. The Kier molecular flexibility index (Phi) is 9.69. The zero-order valence-electron chi connectivity index (χ0n) is 20.0. The number of nitrogens with one attached hydrogen (secondary N) is 1. The van der Waals surface area contributed by atoms with Crippen LogP contribution in [0.2, 0.25) is 5.02 Å². The maximum atomic E-state index is 13.2. The van der Waals surface area contributed by atoms with Gasteiger partial charge in [-0.25, -0.2) is 14.4 Å². The highest BCUT2D eigenvalue weighted by atomic mass is 79.9. The van der Waals surface area contributed by atoms with Gasteiger partial charge in [-0.2, -0.15) is 0 Å². The molecule has 0 aliphatic carbocycles. The van der Waals surface area contributed by atoms with Gasteiger partial charge in [0, 0.05) is 10.2 Å². The number of carbonyl (C=O) groups excluding carboxylic acids is 3. The Labute approximate surface area is 230 Å². The number of aliphatic carboxylic acids is 1. The summed E-state index contributed by atoms with van der Waals surface area (Å²) in [7, 11) is 2.78. The highest BCUT2D eigenvalue weighted by Crippen LogP contribution is 2.26. The number of benzene rings is 3. The monoisotopic (exact) mass is 605 g/mol. The van der Waals surface area contributed by atoms with Crippen molar-refractivity contribution < 1.29 is 43.2 Å². The molecule has 2 N–H and O–H groups in total. The van der Waals surface area contributed by atoms with Crippen LogP contribution in [0, 0.1) is 0 Å². The van der Waals surface area contributed by atoms with Gasteiger partial charge in [0.05, 0.1) is 30.4 Å². The van der Waals surface area contributed by atoms with Gasteiger partial charge in [0.15, 0.2) is 0 Å². The third kappa shape index (κ3) is 7.24. The van der Waals surface area contributed by atoms with Crippen molar-refractivity contribution in [2.75, 3.05) is 19.5 Å². The number of rotatable bonds is 10. The Morgan fingerprint density at radius 2 is 1.34 bits per heavy atom. The second-order valence-electron chi connectivity index (χ2n) is 7.57. The standard InChI is InChI=1S/C26H21BrClNO9/c1-35-17-7-3-5-14(11-17)25(33)37-21(23(30)29-16-9-10-19(27)20(28)13-16)22(24(31)32)38-26(34)15-6-4-8-18(12-15)36-2/h3-13,21-22H,1-2H3,(H,29,30)(H,31,32)/t21-,22-/m1/s1. The van der Waals surface area contributed by atoms with Crippen LogP contribution in [0.5, 0.6) is 11.5 Å². The van der Waals surface area contributed by atoms with E-state index in [1.54, 1.807) is 18.2 Å². The Hall–Kier alpha value is -4.09. The van der Waals surface area contributed by atoms with Crippen LogP contribution in [0.25, 0.3) is 0 Å². The largest absolute Gasteiger partial charge is 0.497 e. The van der Waals surface area contributed by atoms with Crippen molar-refractivity contribution in [3.63, 3.8) is 0 Å². The Bertz CT molecular complexity index is 1360. The zero-order valence-corrected chi connectivity index (χ0v) is 22.3. The van der Waals surface area contributed by atoms with Crippen molar-refractivity contribution >= 4 is 57.0 Å². The number of anilines is 1. The normalized spacial score (nSPS) is 12.0. The number of ether oxygens (including phenoxy) is 4. The number of hydrogen-bond donors (Lipinski definition) is 2. The molecule has 3 aromatic carbocycles. The molecule has 3 aromatic rings. The molecule has 0 heterocycles. The van der Waals surface area contributed by atoms with Crippen molar-refractivity contribution in [1.29, 1.82) is 0 Å². The molecule has 0 saturated carbocycles. The topological polar surface area (TPSA) is 137 Å². The summed E-state index contributed by atoms with van der Waals surface area (Å²) in [6, 6.07) is 16.0. The molecule has 1 amide bonds. The lowest BCUT2D eigenvalue weighted by Gasteiger charge is -2.23. The molecule has 198 valence electrons. The predicted molar refractivity (Wildman–Crippen MR) is 140 cm³/mol. The first kappa shape index (κ1) is 28.5. The molecule has 38 heavy (non-hydrogen) atoms. The van der Waals surface area contributed by atoms with E-state index in [0.717, 1.165) is 0 Å². The lowest BCUT2D eigenvalue weighted by molar-refractivity contribution is -0.157. The van der Waals surface area contributed by atoms with E-state index in [2.05, 4.69) is 21.2 Å². The quantitative estimate of drug-likeness (QED) is 0.317. The van der Waals surface area contributed by atoms with Crippen molar-refractivity contribution in [2.45, 2.75) is 12.2 Å². The van der Waals surface area contributed by atoms with Gasteiger partial charge in [-0.15, -0.1) is 0 Å². The van der Waals surface area contributed by atoms with E-state index >= 15 is 0 Å². The first-order valence-electron chi connectivity index (χ1n) is 10.8. The average Bonchev–Trinajstić information content (AvgIpc) is 2.92. The Morgan fingerprint density at radius 3 is 1.82 bits per heavy atom. The highest BCUT2D eigenvalue weighted by molar-refractivity contribution is 9.10. The molecule has 0 aliphatic rings. The summed E-state index contributed by atoms with van der Waals surface area (Å²) in [5.74, 6) is -4.31. The fraction of sp³-hybridized carbons (Fsp3) is 0.154. The van der Waals surface area contributed by atoms with E-state index in [1.807, 2.05) is 0 Å². The summed E-state index contributed by atoms with van der Waals surface area (Å²) in [5, 5.41) is 12.6. The third-order valence-corrected chi connectivity index (χ3v) is 6.28. The van der Waals surface area contributed by atoms with Gasteiger partial charge in [-0.05, 0) is 70.5 Å². The summed E-state index contributed by atoms with van der Waals surface area (Å²) >= 11 is 9.30. The Morgan fingerprint density at radius 1 is 0.816 bits per heavy atom. The molecule has 10 nitrogen and oxygen atoms in total. The van der Waals surface area contributed by atoms with Crippen molar-refractivity contribution in [3.8, 4) is 11.5 Å². The Balaban J connectivity index is 1.94. The lowest BCUT2D eigenvalue weighted by atomic mass is 10.1.